The van der Waals surface area contributed by atoms with E-state index in [1.165, 1.54) is 16.9 Å². The van der Waals surface area contributed by atoms with E-state index in [1.54, 1.807) is 0 Å². The molecule has 2 aromatic rings. The molecule has 2 rings (SSSR count). The molecule has 1 aromatic heterocycles. The fourth-order valence-corrected chi connectivity index (χ4v) is 2.77. The number of aromatic nitrogens is 1. The van der Waals surface area contributed by atoms with Crippen LogP contribution in [0, 0.1) is 6.92 Å². The number of hydrogen-bond donors (Lipinski definition) is 1. The van der Waals surface area contributed by atoms with Gasteiger partial charge in [0.1, 0.15) is 4.88 Å². The van der Waals surface area contributed by atoms with Gasteiger partial charge in [0, 0.05) is 13.0 Å². The van der Waals surface area contributed by atoms with Gasteiger partial charge in [-0.15, -0.1) is 11.3 Å². The Morgan fingerprint density at radius 3 is 2.72 bits per heavy atom. The number of nitrogens with one attached hydrogen (secondary N) is 1. The molecule has 4 heteroatoms. The van der Waals surface area contributed by atoms with Gasteiger partial charge in [0.2, 0.25) is 0 Å². The molecule has 18 heavy (non-hydrogen) atoms. The monoisotopic (exact) mass is 260 g/mol. The molecule has 0 saturated carbocycles. The maximum absolute atomic E-state index is 11.8. The Morgan fingerprint density at radius 1 is 1.33 bits per heavy atom. The molecule has 0 saturated heterocycles. The highest BCUT2D eigenvalue weighted by Gasteiger charge is 2.14. The molecule has 0 atom stereocenters. The zero-order chi connectivity index (χ0) is 13.0. The molecule has 0 bridgehead atoms. The summed E-state index contributed by atoms with van der Waals surface area (Å²) in [6.07, 6.45) is 0.783. The van der Waals surface area contributed by atoms with Crippen LogP contribution in [0.2, 0.25) is 0 Å². The molecule has 1 heterocycles. The molecule has 0 radical (unpaired) electrons. The summed E-state index contributed by atoms with van der Waals surface area (Å²) in [6.45, 7) is 4.44. The highest BCUT2D eigenvalue weighted by molar-refractivity contribution is 7.13. The Labute approximate surface area is 111 Å². The predicted octanol–water partition coefficient (Wildman–Crippen LogP) is 2.79. The molecule has 1 N–H and O–H groups in total. The maximum Gasteiger partial charge on any atom is 0.263 e. The van der Waals surface area contributed by atoms with Crippen LogP contribution in [0.5, 0.6) is 0 Å². The lowest BCUT2D eigenvalue weighted by molar-refractivity contribution is 0.0959. The fraction of sp³-hybridized carbons (Fsp3) is 0.286. The maximum atomic E-state index is 11.8. The molecule has 0 aliphatic carbocycles. The molecule has 94 valence electrons. The van der Waals surface area contributed by atoms with Crippen molar-refractivity contribution in [2.75, 3.05) is 6.54 Å². The number of carbonyl (C=O) groups is 1. The van der Waals surface area contributed by atoms with Crippen LogP contribution in [0.1, 0.15) is 32.9 Å². The van der Waals surface area contributed by atoms with E-state index in [1.807, 2.05) is 32.0 Å². The third kappa shape index (κ3) is 2.96. The molecule has 0 fully saturated rings. The summed E-state index contributed by atoms with van der Waals surface area (Å²) in [5.41, 5.74) is 2.03. The van der Waals surface area contributed by atoms with Crippen molar-refractivity contribution < 1.29 is 4.79 Å². The second kappa shape index (κ2) is 5.78. The second-order valence-corrected chi connectivity index (χ2v) is 5.13. The smallest absolute Gasteiger partial charge is 0.263 e. The first kappa shape index (κ1) is 12.8. The largest absolute Gasteiger partial charge is 0.352 e. The summed E-state index contributed by atoms with van der Waals surface area (Å²) in [5.74, 6) is -0.0215. The van der Waals surface area contributed by atoms with Crippen LogP contribution >= 0.6 is 11.3 Å². The number of hydrogen-bond acceptors (Lipinski definition) is 3. The Kier molecular flexibility index (Phi) is 4.10. The lowest BCUT2D eigenvalue weighted by Gasteiger charge is -1.98. The van der Waals surface area contributed by atoms with E-state index in [-0.39, 0.29) is 5.91 Å². The number of rotatable bonds is 4. The standard InChI is InChI=1S/C14H16N2OS/c1-3-15-14(17)13-10(2)16-12(18-13)9-11-7-5-4-6-8-11/h4-8H,3,9H2,1-2H3,(H,15,17). The van der Waals surface area contributed by atoms with Crippen LogP contribution in [0.15, 0.2) is 30.3 Å². The molecule has 1 amide bonds. The van der Waals surface area contributed by atoms with Crippen LogP contribution in [0.3, 0.4) is 0 Å². The summed E-state index contributed by atoms with van der Waals surface area (Å²) in [6, 6.07) is 10.2. The van der Waals surface area contributed by atoms with E-state index in [0.29, 0.717) is 6.54 Å². The minimum Gasteiger partial charge on any atom is -0.352 e. The van der Waals surface area contributed by atoms with Gasteiger partial charge in [-0.3, -0.25) is 4.79 Å². The highest BCUT2D eigenvalue weighted by atomic mass is 32.1. The van der Waals surface area contributed by atoms with Crippen LogP contribution in [0.4, 0.5) is 0 Å². The molecule has 3 nitrogen and oxygen atoms in total. The van der Waals surface area contributed by atoms with Gasteiger partial charge in [0.15, 0.2) is 0 Å². The van der Waals surface area contributed by atoms with E-state index in [4.69, 9.17) is 0 Å². The number of thiazole rings is 1. The van der Waals surface area contributed by atoms with E-state index < -0.39 is 0 Å². The van der Waals surface area contributed by atoms with Crippen molar-refractivity contribution in [2.24, 2.45) is 0 Å². The van der Waals surface area contributed by atoms with Gasteiger partial charge in [-0.05, 0) is 19.4 Å². The van der Waals surface area contributed by atoms with E-state index in [2.05, 4.69) is 22.4 Å². The van der Waals surface area contributed by atoms with E-state index >= 15 is 0 Å². The molecule has 1 aromatic carbocycles. The van der Waals surface area contributed by atoms with Crippen molar-refractivity contribution in [3.05, 3.63) is 51.5 Å². The van der Waals surface area contributed by atoms with Crippen molar-refractivity contribution in [1.29, 1.82) is 0 Å². The number of carbonyl (C=O) groups excluding carboxylic acids is 1. The van der Waals surface area contributed by atoms with Crippen molar-refractivity contribution in [1.82, 2.24) is 10.3 Å². The zero-order valence-electron chi connectivity index (χ0n) is 10.6. The summed E-state index contributed by atoms with van der Waals surface area (Å²) >= 11 is 1.48. The molecule has 0 aliphatic rings. The minimum atomic E-state index is -0.0215. The molecule has 0 spiro atoms. The Morgan fingerprint density at radius 2 is 2.06 bits per heavy atom. The number of aryl methyl sites for hydroxylation is 1. The van der Waals surface area contributed by atoms with Crippen LogP contribution < -0.4 is 5.32 Å². The number of benzene rings is 1. The predicted molar refractivity (Wildman–Crippen MR) is 74.1 cm³/mol. The van der Waals surface area contributed by atoms with Gasteiger partial charge in [-0.2, -0.15) is 0 Å². The number of amides is 1. The lowest BCUT2D eigenvalue weighted by Crippen LogP contribution is -2.22. The Bertz CT molecular complexity index is 534. The quantitative estimate of drug-likeness (QED) is 0.918. The zero-order valence-corrected chi connectivity index (χ0v) is 11.4. The van der Waals surface area contributed by atoms with Crippen LogP contribution in [0.25, 0.3) is 0 Å². The number of nitrogens with zero attached hydrogens (tertiary/aromatic N) is 1. The summed E-state index contributed by atoms with van der Waals surface area (Å²) < 4.78 is 0. The van der Waals surface area contributed by atoms with Gasteiger partial charge in [-0.25, -0.2) is 4.98 Å². The van der Waals surface area contributed by atoms with Crippen molar-refractivity contribution in [3.63, 3.8) is 0 Å². The molecular formula is C14H16N2OS. The van der Waals surface area contributed by atoms with Crippen LogP contribution in [-0.4, -0.2) is 17.4 Å². The SMILES string of the molecule is CCNC(=O)c1sc(Cc2ccccc2)nc1C. The third-order valence-electron chi connectivity index (χ3n) is 2.58. The summed E-state index contributed by atoms with van der Waals surface area (Å²) in [4.78, 5) is 17.0. The lowest BCUT2D eigenvalue weighted by atomic mass is 10.2. The first-order chi connectivity index (χ1) is 8.70. The van der Waals surface area contributed by atoms with E-state index in [9.17, 15) is 4.79 Å². The van der Waals surface area contributed by atoms with Gasteiger partial charge in [-0.1, -0.05) is 30.3 Å². The normalized spacial score (nSPS) is 10.3. The van der Waals surface area contributed by atoms with Gasteiger partial charge in [0.05, 0.1) is 10.7 Å². The fourth-order valence-electron chi connectivity index (χ4n) is 1.75. The van der Waals surface area contributed by atoms with Gasteiger partial charge in [0.25, 0.3) is 5.91 Å². The van der Waals surface area contributed by atoms with Crippen molar-refractivity contribution in [2.45, 2.75) is 20.3 Å². The first-order valence-corrected chi connectivity index (χ1v) is 6.80. The molecular weight excluding hydrogens is 244 g/mol. The molecule has 0 unspecified atom stereocenters. The Balaban J connectivity index is 2.16. The minimum absolute atomic E-state index is 0.0215. The highest BCUT2D eigenvalue weighted by Crippen LogP contribution is 2.20. The third-order valence-corrected chi connectivity index (χ3v) is 3.74. The van der Waals surface area contributed by atoms with Gasteiger partial charge < -0.3 is 5.32 Å². The van der Waals surface area contributed by atoms with E-state index in [0.717, 1.165) is 22.0 Å². The van der Waals surface area contributed by atoms with Gasteiger partial charge >= 0.3 is 0 Å². The topological polar surface area (TPSA) is 42.0 Å². The summed E-state index contributed by atoms with van der Waals surface area (Å²) in [7, 11) is 0. The average Bonchev–Trinajstić information content (AvgIpc) is 2.72. The first-order valence-electron chi connectivity index (χ1n) is 5.99. The summed E-state index contributed by atoms with van der Waals surface area (Å²) in [5, 5.41) is 3.80. The Hall–Kier alpha value is -1.68. The second-order valence-electron chi connectivity index (χ2n) is 4.04. The average molecular weight is 260 g/mol. The molecule has 0 aliphatic heterocycles. The van der Waals surface area contributed by atoms with Crippen molar-refractivity contribution in [3.8, 4) is 0 Å². The van der Waals surface area contributed by atoms with Crippen LogP contribution in [-0.2, 0) is 6.42 Å². The van der Waals surface area contributed by atoms with Crippen molar-refractivity contribution >= 4 is 17.2 Å².